The number of sulfonamides is 1. The molecule has 0 spiro atoms. The fourth-order valence-electron chi connectivity index (χ4n) is 1.77. The van der Waals surface area contributed by atoms with Crippen LogP contribution in [0.2, 0.25) is 5.02 Å². The van der Waals surface area contributed by atoms with E-state index in [2.05, 4.69) is 10.0 Å². The number of rotatable bonds is 5. The minimum absolute atomic E-state index is 0.0503. The summed E-state index contributed by atoms with van der Waals surface area (Å²) in [6.45, 7) is 3.54. The van der Waals surface area contributed by atoms with Crippen LogP contribution < -0.4 is 10.0 Å². The highest BCUT2D eigenvalue weighted by molar-refractivity contribution is 7.92. The van der Waals surface area contributed by atoms with Crippen molar-refractivity contribution in [1.82, 2.24) is 0 Å². The Morgan fingerprint density at radius 2 is 1.67 bits per heavy atom. The van der Waals surface area contributed by atoms with Crippen molar-refractivity contribution in [3.05, 3.63) is 53.1 Å². The van der Waals surface area contributed by atoms with Crippen LogP contribution in [0.4, 0.5) is 17.1 Å². The van der Waals surface area contributed by atoms with Gasteiger partial charge in [0.2, 0.25) is 10.0 Å². The Labute approximate surface area is 130 Å². The summed E-state index contributed by atoms with van der Waals surface area (Å²) in [5, 5.41) is 3.96. The van der Waals surface area contributed by atoms with Crippen molar-refractivity contribution in [2.75, 3.05) is 15.8 Å². The molecule has 0 radical (unpaired) electrons. The van der Waals surface area contributed by atoms with E-state index in [1.807, 2.05) is 37.3 Å². The molecular weight excluding hydrogens is 308 g/mol. The van der Waals surface area contributed by atoms with Crippen LogP contribution in [-0.2, 0) is 10.0 Å². The fourth-order valence-corrected chi connectivity index (χ4v) is 2.59. The van der Waals surface area contributed by atoms with Crippen LogP contribution in [0.5, 0.6) is 0 Å². The van der Waals surface area contributed by atoms with E-state index in [-0.39, 0.29) is 5.75 Å². The molecule has 21 heavy (non-hydrogen) atoms. The minimum Gasteiger partial charge on any atom is -0.355 e. The first-order valence-corrected chi connectivity index (χ1v) is 8.57. The molecule has 0 aliphatic carbocycles. The second-order valence-electron chi connectivity index (χ2n) is 4.62. The van der Waals surface area contributed by atoms with Gasteiger partial charge in [-0.1, -0.05) is 17.7 Å². The molecule has 0 bridgehead atoms. The van der Waals surface area contributed by atoms with Crippen LogP contribution >= 0.6 is 11.6 Å². The first-order valence-electron chi connectivity index (χ1n) is 6.54. The number of benzene rings is 2. The van der Waals surface area contributed by atoms with E-state index in [9.17, 15) is 8.42 Å². The molecule has 0 unspecified atom stereocenters. The number of halogens is 1. The first-order chi connectivity index (χ1) is 9.91. The molecule has 2 rings (SSSR count). The average molecular weight is 325 g/mol. The third-order valence-electron chi connectivity index (χ3n) is 3.08. The van der Waals surface area contributed by atoms with Crippen molar-refractivity contribution < 1.29 is 8.42 Å². The summed E-state index contributed by atoms with van der Waals surface area (Å²) < 4.78 is 25.5. The van der Waals surface area contributed by atoms with Gasteiger partial charge >= 0.3 is 0 Å². The van der Waals surface area contributed by atoms with Crippen LogP contribution in [0.15, 0.2) is 42.5 Å². The SMILES string of the molecule is CCS(=O)(=O)Nc1ccc(Nc2cccc(Cl)c2C)cc1. The van der Waals surface area contributed by atoms with Gasteiger partial charge in [-0.2, -0.15) is 0 Å². The molecular formula is C15H17ClN2O2S. The van der Waals surface area contributed by atoms with Crippen molar-refractivity contribution in [2.45, 2.75) is 13.8 Å². The predicted molar refractivity (Wildman–Crippen MR) is 89.0 cm³/mol. The second kappa shape index (κ2) is 6.37. The van der Waals surface area contributed by atoms with Crippen molar-refractivity contribution in [3.63, 3.8) is 0 Å². The number of anilines is 3. The Bertz CT molecular complexity index is 728. The van der Waals surface area contributed by atoms with Crippen molar-refractivity contribution in [3.8, 4) is 0 Å². The molecule has 0 aliphatic heterocycles. The van der Waals surface area contributed by atoms with Crippen LogP contribution in [0.3, 0.4) is 0 Å². The maximum absolute atomic E-state index is 11.5. The predicted octanol–water partition coefficient (Wildman–Crippen LogP) is 4.15. The van der Waals surface area contributed by atoms with Gasteiger partial charge in [0.05, 0.1) is 5.75 Å². The molecule has 0 aromatic heterocycles. The maximum Gasteiger partial charge on any atom is 0.232 e. The third-order valence-corrected chi connectivity index (χ3v) is 4.80. The van der Waals surface area contributed by atoms with Gasteiger partial charge in [0.15, 0.2) is 0 Å². The van der Waals surface area contributed by atoms with Crippen LogP contribution in [0.1, 0.15) is 12.5 Å². The van der Waals surface area contributed by atoms with Gasteiger partial charge in [-0.05, 0) is 55.8 Å². The summed E-state index contributed by atoms with van der Waals surface area (Å²) in [4.78, 5) is 0. The number of hydrogen-bond donors (Lipinski definition) is 2. The lowest BCUT2D eigenvalue weighted by Gasteiger charge is -2.11. The quantitative estimate of drug-likeness (QED) is 0.868. The van der Waals surface area contributed by atoms with Gasteiger partial charge in [0.1, 0.15) is 0 Å². The fraction of sp³-hybridized carbons (Fsp3) is 0.200. The van der Waals surface area contributed by atoms with E-state index in [0.29, 0.717) is 10.7 Å². The molecule has 4 nitrogen and oxygen atoms in total. The normalized spacial score (nSPS) is 11.2. The topological polar surface area (TPSA) is 58.2 Å². The summed E-state index contributed by atoms with van der Waals surface area (Å²) in [5.74, 6) is 0.0503. The highest BCUT2D eigenvalue weighted by Gasteiger charge is 2.07. The molecule has 112 valence electrons. The Kier molecular flexibility index (Phi) is 4.75. The molecule has 2 aromatic carbocycles. The van der Waals surface area contributed by atoms with Crippen molar-refractivity contribution >= 4 is 38.7 Å². The molecule has 0 aliphatic rings. The van der Waals surface area contributed by atoms with Gasteiger partial charge in [0.25, 0.3) is 0 Å². The van der Waals surface area contributed by atoms with Gasteiger partial charge in [0, 0.05) is 22.1 Å². The highest BCUT2D eigenvalue weighted by Crippen LogP contribution is 2.26. The van der Waals surface area contributed by atoms with Gasteiger partial charge in [-0.3, -0.25) is 4.72 Å². The molecule has 0 saturated heterocycles. The molecule has 0 atom stereocenters. The van der Waals surface area contributed by atoms with Crippen molar-refractivity contribution in [2.24, 2.45) is 0 Å². The Hall–Kier alpha value is -1.72. The largest absolute Gasteiger partial charge is 0.355 e. The number of hydrogen-bond acceptors (Lipinski definition) is 3. The average Bonchev–Trinajstić information content (AvgIpc) is 2.46. The monoisotopic (exact) mass is 324 g/mol. The third kappa shape index (κ3) is 4.12. The van der Waals surface area contributed by atoms with Gasteiger partial charge < -0.3 is 5.32 Å². The zero-order valence-corrected chi connectivity index (χ0v) is 13.4. The standard InChI is InChI=1S/C15H17ClN2O2S/c1-3-21(19,20)18-13-9-7-12(8-10-13)17-15-6-4-5-14(16)11(15)2/h4-10,17-18H,3H2,1-2H3. The van der Waals surface area contributed by atoms with E-state index < -0.39 is 10.0 Å². The lowest BCUT2D eigenvalue weighted by atomic mass is 10.2. The Morgan fingerprint density at radius 1 is 1.05 bits per heavy atom. The molecule has 0 heterocycles. The molecule has 2 N–H and O–H groups in total. The Balaban J connectivity index is 2.15. The molecule has 0 amide bonds. The minimum atomic E-state index is -3.24. The van der Waals surface area contributed by atoms with E-state index >= 15 is 0 Å². The summed E-state index contributed by atoms with van der Waals surface area (Å²) >= 11 is 6.08. The summed E-state index contributed by atoms with van der Waals surface area (Å²) in [6, 6.07) is 12.7. The van der Waals surface area contributed by atoms with Gasteiger partial charge in [-0.25, -0.2) is 8.42 Å². The van der Waals surface area contributed by atoms with Crippen LogP contribution in [0.25, 0.3) is 0 Å². The highest BCUT2D eigenvalue weighted by atomic mass is 35.5. The summed E-state index contributed by atoms with van der Waals surface area (Å²) in [5.41, 5.74) is 3.30. The first kappa shape index (κ1) is 15.7. The second-order valence-corrected chi connectivity index (χ2v) is 7.04. The van der Waals surface area contributed by atoms with Gasteiger partial charge in [-0.15, -0.1) is 0 Å². The van der Waals surface area contributed by atoms with E-state index in [0.717, 1.165) is 16.9 Å². The zero-order valence-electron chi connectivity index (χ0n) is 11.9. The lowest BCUT2D eigenvalue weighted by molar-refractivity contribution is 0.602. The summed E-state index contributed by atoms with van der Waals surface area (Å²) in [6.07, 6.45) is 0. The van der Waals surface area contributed by atoms with Crippen molar-refractivity contribution in [1.29, 1.82) is 0 Å². The maximum atomic E-state index is 11.5. The molecule has 2 aromatic rings. The molecule has 6 heteroatoms. The summed E-state index contributed by atoms with van der Waals surface area (Å²) in [7, 11) is -3.24. The zero-order chi connectivity index (χ0) is 15.5. The van der Waals surface area contributed by atoms with Crippen LogP contribution in [-0.4, -0.2) is 14.2 Å². The van der Waals surface area contributed by atoms with E-state index in [4.69, 9.17) is 11.6 Å². The smallest absolute Gasteiger partial charge is 0.232 e. The number of nitrogens with one attached hydrogen (secondary N) is 2. The molecule has 0 fully saturated rings. The Morgan fingerprint density at radius 3 is 2.29 bits per heavy atom. The molecule has 0 saturated carbocycles. The van der Waals surface area contributed by atoms with E-state index in [1.54, 1.807) is 19.1 Å². The van der Waals surface area contributed by atoms with Crippen LogP contribution in [0, 0.1) is 6.92 Å². The lowest BCUT2D eigenvalue weighted by Crippen LogP contribution is -2.14. The van der Waals surface area contributed by atoms with E-state index in [1.165, 1.54) is 0 Å².